The highest BCUT2D eigenvalue weighted by molar-refractivity contribution is 9.10. The van der Waals surface area contributed by atoms with Crippen LogP contribution in [0.2, 0.25) is 0 Å². The van der Waals surface area contributed by atoms with Crippen LogP contribution in [0.4, 0.5) is 0 Å². The second kappa shape index (κ2) is 7.97. The molecule has 0 N–H and O–H groups in total. The minimum absolute atomic E-state index is 0.0416. The summed E-state index contributed by atoms with van der Waals surface area (Å²) < 4.78 is 6.68. The third kappa shape index (κ3) is 4.58. The lowest BCUT2D eigenvalue weighted by molar-refractivity contribution is 0.0663. The summed E-state index contributed by atoms with van der Waals surface area (Å²) in [5.74, 6) is 1.23. The quantitative estimate of drug-likeness (QED) is 0.778. The molecule has 2 heterocycles. The molecule has 132 valence electrons. The number of ether oxygens (including phenoxy) is 1. The molecule has 25 heavy (non-hydrogen) atoms. The first-order valence-corrected chi connectivity index (χ1v) is 9.17. The molecule has 1 aliphatic rings. The van der Waals surface area contributed by atoms with Gasteiger partial charge in [-0.2, -0.15) is 0 Å². The Bertz CT molecular complexity index is 708. The van der Waals surface area contributed by atoms with Crippen molar-refractivity contribution in [2.45, 2.75) is 18.9 Å². The molecule has 0 atom stereocenters. The first-order valence-electron chi connectivity index (χ1n) is 8.38. The summed E-state index contributed by atoms with van der Waals surface area (Å²) in [5, 5.41) is 0. The van der Waals surface area contributed by atoms with Crippen molar-refractivity contribution in [1.29, 1.82) is 0 Å². The summed E-state index contributed by atoms with van der Waals surface area (Å²) in [6, 6.07) is 11.6. The molecule has 0 spiro atoms. The highest BCUT2D eigenvalue weighted by Gasteiger charge is 2.24. The standard InChI is InChI=1S/C19H22BrN3O2/c1-22(2)16-9-11-23(12-10-16)19(24)14-3-8-18(21-13-14)25-17-6-4-15(20)5-7-17/h3-8,13,16H,9-12H2,1-2H3. The molecule has 1 aromatic carbocycles. The lowest BCUT2D eigenvalue weighted by Crippen LogP contribution is -2.44. The molecule has 2 aromatic rings. The normalized spacial score (nSPS) is 15.4. The van der Waals surface area contributed by atoms with Gasteiger partial charge in [0.15, 0.2) is 0 Å². The smallest absolute Gasteiger partial charge is 0.255 e. The zero-order chi connectivity index (χ0) is 17.8. The van der Waals surface area contributed by atoms with Crippen molar-refractivity contribution in [3.63, 3.8) is 0 Å². The zero-order valence-electron chi connectivity index (χ0n) is 14.5. The van der Waals surface area contributed by atoms with Gasteiger partial charge in [-0.05, 0) is 57.3 Å². The number of likely N-dealkylation sites (tertiary alicyclic amines) is 1. The van der Waals surface area contributed by atoms with Gasteiger partial charge in [-0.15, -0.1) is 0 Å². The molecule has 1 aliphatic heterocycles. The van der Waals surface area contributed by atoms with Gasteiger partial charge in [0.1, 0.15) is 5.75 Å². The second-order valence-corrected chi connectivity index (χ2v) is 7.34. The SMILES string of the molecule is CN(C)C1CCN(C(=O)c2ccc(Oc3ccc(Br)cc3)nc2)CC1. The Morgan fingerprint density at radius 1 is 1.16 bits per heavy atom. The maximum atomic E-state index is 12.6. The van der Waals surface area contributed by atoms with Crippen molar-refractivity contribution >= 4 is 21.8 Å². The van der Waals surface area contributed by atoms with Crippen molar-refractivity contribution in [2.75, 3.05) is 27.2 Å². The molecule has 0 unspecified atom stereocenters. The predicted octanol–water partition coefficient (Wildman–Crippen LogP) is 3.80. The van der Waals surface area contributed by atoms with E-state index in [0.717, 1.165) is 30.4 Å². The van der Waals surface area contributed by atoms with Crippen LogP contribution in [-0.4, -0.2) is 53.9 Å². The van der Waals surface area contributed by atoms with Crippen molar-refractivity contribution in [3.8, 4) is 11.6 Å². The summed E-state index contributed by atoms with van der Waals surface area (Å²) in [4.78, 5) is 21.0. The Morgan fingerprint density at radius 3 is 2.40 bits per heavy atom. The molecule has 0 bridgehead atoms. The molecule has 1 saturated heterocycles. The van der Waals surface area contributed by atoms with E-state index in [1.54, 1.807) is 18.3 Å². The fourth-order valence-corrected chi connectivity index (χ4v) is 3.22. The number of nitrogens with zero attached hydrogens (tertiary/aromatic N) is 3. The molecule has 0 aliphatic carbocycles. The van der Waals surface area contributed by atoms with E-state index >= 15 is 0 Å². The maximum Gasteiger partial charge on any atom is 0.255 e. The Morgan fingerprint density at radius 2 is 1.84 bits per heavy atom. The van der Waals surface area contributed by atoms with Crippen LogP contribution in [-0.2, 0) is 0 Å². The van der Waals surface area contributed by atoms with Crippen LogP contribution in [0, 0.1) is 0 Å². The molecule has 0 radical (unpaired) electrons. The van der Waals surface area contributed by atoms with Crippen LogP contribution >= 0.6 is 15.9 Å². The number of carbonyl (C=O) groups is 1. The summed E-state index contributed by atoms with van der Waals surface area (Å²) >= 11 is 3.39. The van der Waals surface area contributed by atoms with E-state index in [1.807, 2.05) is 29.2 Å². The van der Waals surface area contributed by atoms with Crippen molar-refractivity contribution in [1.82, 2.24) is 14.8 Å². The van der Waals surface area contributed by atoms with Crippen LogP contribution in [0.25, 0.3) is 0 Å². The Labute approximate surface area is 156 Å². The topological polar surface area (TPSA) is 45.7 Å². The number of amides is 1. The van der Waals surface area contributed by atoms with Gasteiger partial charge < -0.3 is 14.5 Å². The monoisotopic (exact) mass is 403 g/mol. The average Bonchev–Trinajstić information content (AvgIpc) is 2.64. The summed E-state index contributed by atoms with van der Waals surface area (Å²) in [5.41, 5.74) is 0.603. The Kier molecular flexibility index (Phi) is 5.71. The van der Waals surface area contributed by atoms with Gasteiger partial charge in [0.25, 0.3) is 5.91 Å². The van der Waals surface area contributed by atoms with Crippen LogP contribution < -0.4 is 4.74 Å². The largest absolute Gasteiger partial charge is 0.439 e. The first kappa shape index (κ1) is 17.9. The summed E-state index contributed by atoms with van der Waals surface area (Å²) in [6.07, 6.45) is 3.61. The summed E-state index contributed by atoms with van der Waals surface area (Å²) in [6.45, 7) is 1.58. The van der Waals surface area contributed by atoms with Crippen LogP contribution in [0.5, 0.6) is 11.6 Å². The Balaban J connectivity index is 1.60. The number of aromatic nitrogens is 1. The number of pyridine rings is 1. The lowest BCUT2D eigenvalue weighted by Gasteiger charge is -2.35. The van der Waals surface area contributed by atoms with E-state index in [2.05, 4.69) is 39.9 Å². The molecule has 6 heteroatoms. The fourth-order valence-electron chi connectivity index (χ4n) is 2.96. The first-order chi connectivity index (χ1) is 12.0. The molecule has 1 amide bonds. The van der Waals surface area contributed by atoms with E-state index in [4.69, 9.17) is 4.74 Å². The van der Waals surface area contributed by atoms with Crippen LogP contribution in [0.15, 0.2) is 47.1 Å². The number of piperidine rings is 1. The Hall–Kier alpha value is -1.92. The lowest BCUT2D eigenvalue weighted by atomic mass is 10.0. The van der Waals surface area contributed by atoms with Gasteiger partial charge in [0.05, 0.1) is 5.56 Å². The molecular weight excluding hydrogens is 382 g/mol. The van der Waals surface area contributed by atoms with Gasteiger partial charge in [-0.25, -0.2) is 4.98 Å². The predicted molar refractivity (Wildman–Crippen MR) is 101 cm³/mol. The van der Waals surface area contributed by atoms with Crippen LogP contribution in [0.1, 0.15) is 23.2 Å². The van der Waals surface area contributed by atoms with E-state index in [9.17, 15) is 4.79 Å². The third-order valence-corrected chi connectivity index (χ3v) is 5.03. The molecule has 5 nitrogen and oxygen atoms in total. The van der Waals surface area contributed by atoms with Crippen molar-refractivity contribution in [2.24, 2.45) is 0 Å². The van der Waals surface area contributed by atoms with E-state index in [-0.39, 0.29) is 5.91 Å². The number of hydrogen-bond donors (Lipinski definition) is 0. The molecule has 3 rings (SSSR count). The highest BCUT2D eigenvalue weighted by atomic mass is 79.9. The molecule has 0 saturated carbocycles. The highest BCUT2D eigenvalue weighted by Crippen LogP contribution is 2.22. The van der Waals surface area contributed by atoms with Crippen molar-refractivity contribution < 1.29 is 9.53 Å². The van der Waals surface area contributed by atoms with E-state index < -0.39 is 0 Å². The van der Waals surface area contributed by atoms with Gasteiger partial charge in [-0.3, -0.25) is 4.79 Å². The number of hydrogen-bond acceptors (Lipinski definition) is 4. The molecule has 1 aromatic heterocycles. The zero-order valence-corrected chi connectivity index (χ0v) is 16.1. The van der Waals surface area contributed by atoms with Gasteiger partial charge in [-0.1, -0.05) is 15.9 Å². The maximum absolute atomic E-state index is 12.6. The second-order valence-electron chi connectivity index (χ2n) is 6.43. The molecule has 1 fully saturated rings. The van der Waals surface area contributed by atoms with Crippen LogP contribution in [0.3, 0.4) is 0 Å². The van der Waals surface area contributed by atoms with Gasteiger partial charge >= 0.3 is 0 Å². The van der Waals surface area contributed by atoms with Crippen molar-refractivity contribution in [3.05, 3.63) is 52.6 Å². The van der Waals surface area contributed by atoms with E-state index in [0.29, 0.717) is 23.2 Å². The van der Waals surface area contributed by atoms with Gasteiger partial charge in [0, 0.05) is 35.9 Å². The number of rotatable bonds is 4. The number of benzene rings is 1. The average molecular weight is 404 g/mol. The van der Waals surface area contributed by atoms with Gasteiger partial charge in [0.2, 0.25) is 5.88 Å². The summed E-state index contributed by atoms with van der Waals surface area (Å²) in [7, 11) is 4.19. The molecular formula is C19H22BrN3O2. The fraction of sp³-hybridized carbons (Fsp3) is 0.368. The number of halogens is 1. The van der Waals surface area contributed by atoms with E-state index in [1.165, 1.54) is 0 Å². The number of carbonyl (C=O) groups excluding carboxylic acids is 1. The minimum Gasteiger partial charge on any atom is -0.439 e. The third-order valence-electron chi connectivity index (χ3n) is 4.50. The minimum atomic E-state index is 0.0416.